The number of aliphatic hydroxyl groups is 1. The predicted molar refractivity (Wildman–Crippen MR) is 132 cm³/mol. The largest absolute Gasteiger partial charge is 0.394 e. The lowest BCUT2D eigenvalue weighted by atomic mass is 9.70. The standard InChI is InChI=1S/C29H30F3NO3/c1-20(21-2-4-22(5-3-21)26-11-10-25(31)18-27(26)32)33-14-12-29(19-28(33)35,13-16-36-17-15-34)23-6-8-24(30)9-7-23/h2-11,18,20,34H,12-17,19H2,1H3/t20-,29+/m1/s1. The molecule has 0 aromatic heterocycles. The molecule has 2 atom stereocenters. The van der Waals surface area contributed by atoms with Crippen molar-refractivity contribution in [3.63, 3.8) is 0 Å². The van der Waals surface area contributed by atoms with E-state index < -0.39 is 17.0 Å². The zero-order valence-corrected chi connectivity index (χ0v) is 20.2. The Labute approximate surface area is 209 Å². The lowest BCUT2D eigenvalue weighted by Gasteiger charge is -2.44. The van der Waals surface area contributed by atoms with E-state index in [1.54, 1.807) is 24.3 Å². The molecule has 4 nitrogen and oxygen atoms in total. The minimum absolute atomic E-state index is 0.00566. The third-order valence-corrected chi connectivity index (χ3v) is 7.16. The predicted octanol–water partition coefficient (Wildman–Crippen LogP) is 5.79. The third-order valence-electron chi connectivity index (χ3n) is 7.16. The molecule has 0 aliphatic carbocycles. The molecule has 36 heavy (non-hydrogen) atoms. The number of ether oxygens (including phenoxy) is 1. The van der Waals surface area contributed by atoms with E-state index in [2.05, 4.69) is 0 Å². The quantitative estimate of drug-likeness (QED) is 0.381. The van der Waals surface area contributed by atoms with Crippen LogP contribution in [0, 0.1) is 17.5 Å². The van der Waals surface area contributed by atoms with Crippen LogP contribution in [0.15, 0.2) is 66.7 Å². The summed E-state index contributed by atoms with van der Waals surface area (Å²) in [7, 11) is 0. The fourth-order valence-corrected chi connectivity index (χ4v) is 5.03. The van der Waals surface area contributed by atoms with Crippen LogP contribution < -0.4 is 0 Å². The molecule has 190 valence electrons. The average molecular weight is 498 g/mol. The molecule has 1 amide bonds. The number of hydrogen-bond donors (Lipinski definition) is 1. The summed E-state index contributed by atoms with van der Waals surface area (Å²) < 4.78 is 46.5. The molecule has 4 rings (SSSR count). The topological polar surface area (TPSA) is 49.8 Å². The van der Waals surface area contributed by atoms with Gasteiger partial charge in [-0.15, -0.1) is 0 Å². The number of likely N-dealkylation sites (tertiary alicyclic amines) is 1. The van der Waals surface area contributed by atoms with Gasteiger partial charge < -0.3 is 14.7 Å². The van der Waals surface area contributed by atoms with Gasteiger partial charge in [0.1, 0.15) is 17.5 Å². The summed E-state index contributed by atoms with van der Waals surface area (Å²) >= 11 is 0. The lowest BCUT2D eigenvalue weighted by Crippen LogP contribution is -2.47. The molecule has 1 aliphatic heterocycles. The maximum Gasteiger partial charge on any atom is 0.223 e. The van der Waals surface area contributed by atoms with Gasteiger partial charge in [0.25, 0.3) is 0 Å². The van der Waals surface area contributed by atoms with Crippen molar-refractivity contribution in [3.05, 3.63) is 95.3 Å². The highest BCUT2D eigenvalue weighted by atomic mass is 19.1. The smallest absolute Gasteiger partial charge is 0.223 e. The van der Waals surface area contributed by atoms with Crippen LogP contribution in [0.1, 0.15) is 43.4 Å². The van der Waals surface area contributed by atoms with Crippen molar-refractivity contribution in [2.24, 2.45) is 0 Å². The minimum Gasteiger partial charge on any atom is -0.394 e. The number of carbonyl (C=O) groups is 1. The molecule has 7 heteroatoms. The Balaban J connectivity index is 1.50. The third kappa shape index (κ3) is 5.63. The Morgan fingerprint density at radius 1 is 0.972 bits per heavy atom. The van der Waals surface area contributed by atoms with Gasteiger partial charge in [-0.2, -0.15) is 0 Å². The summed E-state index contributed by atoms with van der Waals surface area (Å²) in [6.45, 7) is 3.03. The monoisotopic (exact) mass is 497 g/mol. The Hall–Kier alpha value is -3.16. The van der Waals surface area contributed by atoms with Crippen molar-refractivity contribution >= 4 is 5.91 Å². The van der Waals surface area contributed by atoms with Crippen LogP contribution in [-0.2, 0) is 14.9 Å². The van der Waals surface area contributed by atoms with E-state index in [0.717, 1.165) is 17.2 Å². The Morgan fingerprint density at radius 3 is 2.31 bits per heavy atom. The highest BCUT2D eigenvalue weighted by Gasteiger charge is 2.41. The van der Waals surface area contributed by atoms with Crippen molar-refractivity contribution in [1.82, 2.24) is 4.90 Å². The van der Waals surface area contributed by atoms with Gasteiger partial charge in [-0.3, -0.25) is 4.79 Å². The normalized spacial score (nSPS) is 18.9. The van der Waals surface area contributed by atoms with E-state index in [0.29, 0.717) is 37.1 Å². The summed E-state index contributed by atoms with van der Waals surface area (Å²) in [5, 5.41) is 9.01. The van der Waals surface area contributed by atoms with E-state index in [-0.39, 0.29) is 37.4 Å². The second-order valence-electron chi connectivity index (χ2n) is 9.31. The number of carbonyl (C=O) groups excluding carboxylic acids is 1. The van der Waals surface area contributed by atoms with Crippen molar-refractivity contribution in [2.45, 2.75) is 37.6 Å². The van der Waals surface area contributed by atoms with Gasteiger partial charge in [0.05, 0.1) is 19.3 Å². The Kier molecular flexibility index (Phi) is 8.11. The van der Waals surface area contributed by atoms with Gasteiger partial charge >= 0.3 is 0 Å². The van der Waals surface area contributed by atoms with E-state index in [4.69, 9.17) is 9.84 Å². The highest BCUT2D eigenvalue weighted by molar-refractivity contribution is 5.79. The number of amides is 1. The minimum atomic E-state index is -0.623. The van der Waals surface area contributed by atoms with Crippen LogP contribution in [0.3, 0.4) is 0 Å². The van der Waals surface area contributed by atoms with Crippen molar-refractivity contribution < 1.29 is 27.8 Å². The zero-order chi connectivity index (χ0) is 25.7. The van der Waals surface area contributed by atoms with E-state index in [9.17, 15) is 18.0 Å². The molecule has 3 aromatic carbocycles. The first-order valence-electron chi connectivity index (χ1n) is 12.1. The molecule has 1 fully saturated rings. The number of piperidine rings is 1. The number of nitrogens with zero attached hydrogens (tertiary/aromatic N) is 1. The van der Waals surface area contributed by atoms with Crippen LogP contribution in [-0.4, -0.2) is 42.3 Å². The molecule has 0 unspecified atom stereocenters. The molecular formula is C29H30F3NO3. The average Bonchev–Trinajstić information content (AvgIpc) is 2.87. The highest BCUT2D eigenvalue weighted by Crippen LogP contribution is 2.41. The summed E-state index contributed by atoms with van der Waals surface area (Å²) in [6.07, 6.45) is 1.55. The molecule has 1 saturated heterocycles. The van der Waals surface area contributed by atoms with Crippen molar-refractivity contribution in [3.8, 4) is 11.1 Å². The lowest BCUT2D eigenvalue weighted by molar-refractivity contribution is -0.138. The summed E-state index contributed by atoms with van der Waals surface area (Å²) in [6, 6.07) is 16.9. The number of hydrogen-bond acceptors (Lipinski definition) is 3. The Morgan fingerprint density at radius 2 is 1.67 bits per heavy atom. The summed E-state index contributed by atoms with van der Waals surface area (Å²) in [5.41, 5.74) is 2.29. The fraction of sp³-hybridized carbons (Fsp3) is 0.345. The maximum atomic E-state index is 14.2. The molecule has 0 radical (unpaired) electrons. The summed E-state index contributed by atoms with van der Waals surface area (Å²) in [4.78, 5) is 15.2. The van der Waals surface area contributed by atoms with Crippen molar-refractivity contribution in [1.29, 1.82) is 0 Å². The molecule has 3 aromatic rings. The first-order valence-corrected chi connectivity index (χ1v) is 12.1. The molecule has 1 N–H and O–H groups in total. The molecule has 0 spiro atoms. The number of benzene rings is 3. The van der Waals surface area contributed by atoms with Crippen LogP contribution in [0.2, 0.25) is 0 Å². The van der Waals surface area contributed by atoms with E-state index >= 15 is 0 Å². The second-order valence-corrected chi connectivity index (χ2v) is 9.31. The van der Waals surface area contributed by atoms with Crippen molar-refractivity contribution in [2.75, 3.05) is 26.4 Å². The number of aliphatic hydroxyl groups excluding tert-OH is 1. The SMILES string of the molecule is C[C@H](c1ccc(-c2ccc(F)cc2F)cc1)N1CC[C@@](CCOCCO)(c2ccc(F)cc2)CC1=O. The molecule has 1 heterocycles. The van der Waals surface area contributed by atoms with Crippen LogP contribution in [0.25, 0.3) is 11.1 Å². The molecule has 1 aliphatic rings. The van der Waals surface area contributed by atoms with Gasteiger partial charge in [0.2, 0.25) is 5.91 Å². The van der Waals surface area contributed by atoms with Crippen LogP contribution >= 0.6 is 0 Å². The van der Waals surface area contributed by atoms with Gasteiger partial charge in [-0.05, 0) is 60.7 Å². The number of halogens is 3. The molecular weight excluding hydrogens is 467 g/mol. The fourth-order valence-electron chi connectivity index (χ4n) is 5.03. The summed E-state index contributed by atoms with van der Waals surface area (Å²) in [5.74, 6) is -1.58. The van der Waals surface area contributed by atoms with Crippen LogP contribution in [0.4, 0.5) is 13.2 Å². The first kappa shape index (κ1) is 25.9. The van der Waals surface area contributed by atoms with Crippen LogP contribution in [0.5, 0.6) is 0 Å². The van der Waals surface area contributed by atoms with E-state index in [1.807, 2.05) is 24.0 Å². The van der Waals surface area contributed by atoms with Gasteiger partial charge in [-0.1, -0.05) is 36.4 Å². The van der Waals surface area contributed by atoms with E-state index in [1.165, 1.54) is 24.3 Å². The van der Waals surface area contributed by atoms with Gasteiger partial charge in [0.15, 0.2) is 0 Å². The zero-order valence-electron chi connectivity index (χ0n) is 20.2. The number of rotatable bonds is 9. The Bertz CT molecular complexity index is 1180. The van der Waals surface area contributed by atoms with Gasteiger partial charge in [0, 0.05) is 36.6 Å². The molecule has 0 bridgehead atoms. The first-order chi connectivity index (χ1) is 17.3. The maximum absolute atomic E-state index is 14.2. The van der Waals surface area contributed by atoms with Gasteiger partial charge in [-0.25, -0.2) is 13.2 Å². The second kappa shape index (κ2) is 11.3. The molecule has 0 saturated carbocycles.